The number of carbonyl (C=O) groups is 2. The first-order valence-electron chi connectivity index (χ1n) is 7.58. The van der Waals surface area contributed by atoms with Gasteiger partial charge in [0.1, 0.15) is 0 Å². The minimum absolute atomic E-state index is 0.0853. The van der Waals surface area contributed by atoms with Gasteiger partial charge in [-0.1, -0.05) is 30.3 Å². The van der Waals surface area contributed by atoms with Crippen molar-refractivity contribution in [2.24, 2.45) is 23.2 Å². The van der Waals surface area contributed by atoms with Gasteiger partial charge < -0.3 is 15.1 Å². The van der Waals surface area contributed by atoms with Gasteiger partial charge in [0.15, 0.2) is 0 Å². The molecule has 2 aliphatic rings. The van der Waals surface area contributed by atoms with Crippen LogP contribution in [0.2, 0.25) is 0 Å². The molecule has 2 aliphatic carbocycles. The fraction of sp³-hybridized carbons (Fsp3) is 0.500. The molecule has 6 nitrogen and oxygen atoms in total. The lowest BCUT2D eigenvalue weighted by Gasteiger charge is -2.29. The zero-order valence-corrected chi connectivity index (χ0v) is 13.4. The van der Waals surface area contributed by atoms with Crippen molar-refractivity contribution >= 4 is 19.3 Å². The maximum atomic E-state index is 12.6. The predicted octanol–water partition coefficient (Wildman–Crippen LogP) is 2.27. The van der Waals surface area contributed by atoms with E-state index in [1.807, 2.05) is 0 Å². The Hall–Kier alpha value is -1.65. The number of benzene rings is 1. The third-order valence-corrected chi connectivity index (χ3v) is 7.16. The van der Waals surface area contributed by atoms with Crippen molar-refractivity contribution in [3.05, 3.63) is 35.9 Å². The van der Waals surface area contributed by atoms with Crippen molar-refractivity contribution in [1.29, 1.82) is 0 Å². The highest BCUT2D eigenvalue weighted by Gasteiger charge is 2.72. The minimum atomic E-state index is -3.72. The Morgan fingerprint density at radius 1 is 1.22 bits per heavy atom. The highest BCUT2D eigenvalue weighted by atomic mass is 31.2. The van der Waals surface area contributed by atoms with E-state index in [0.29, 0.717) is 12.0 Å². The number of aliphatic carboxylic acids is 2. The first-order chi connectivity index (χ1) is 10.8. The number of hydrogen-bond acceptors (Lipinski definition) is 3. The summed E-state index contributed by atoms with van der Waals surface area (Å²) >= 11 is 0. The highest BCUT2D eigenvalue weighted by Crippen LogP contribution is 2.70. The van der Waals surface area contributed by atoms with Gasteiger partial charge in [-0.2, -0.15) is 0 Å². The molecule has 0 heterocycles. The van der Waals surface area contributed by atoms with E-state index in [1.165, 1.54) is 0 Å². The zero-order chi connectivity index (χ0) is 16.8. The molecule has 0 bridgehead atoms. The van der Waals surface area contributed by atoms with Crippen LogP contribution in [0.4, 0.5) is 0 Å². The summed E-state index contributed by atoms with van der Waals surface area (Å²) in [7, 11) is -3.72. The molecule has 124 valence electrons. The maximum Gasteiger partial charge on any atom is 0.310 e. The van der Waals surface area contributed by atoms with Crippen molar-refractivity contribution in [2.75, 3.05) is 6.16 Å². The monoisotopic (exact) mass is 338 g/mol. The van der Waals surface area contributed by atoms with Gasteiger partial charge in [0, 0.05) is 12.3 Å². The van der Waals surface area contributed by atoms with Gasteiger partial charge in [0.05, 0.1) is 11.3 Å². The smallest absolute Gasteiger partial charge is 0.310 e. The van der Waals surface area contributed by atoms with Crippen LogP contribution in [-0.2, 0) is 20.3 Å². The van der Waals surface area contributed by atoms with E-state index in [9.17, 15) is 29.3 Å². The number of fused-ring (bicyclic) bond motifs is 1. The Morgan fingerprint density at radius 2 is 1.87 bits per heavy atom. The normalized spacial score (nSPS) is 34.4. The van der Waals surface area contributed by atoms with Crippen LogP contribution < -0.4 is 0 Å². The van der Waals surface area contributed by atoms with Crippen molar-refractivity contribution in [3.8, 4) is 0 Å². The van der Waals surface area contributed by atoms with E-state index in [-0.39, 0.29) is 24.7 Å². The van der Waals surface area contributed by atoms with Gasteiger partial charge >= 0.3 is 11.9 Å². The highest BCUT2D eigenvalue weighted by molar-refractivity contribution is 7.57. The van der Waals surface area contributed by atoms with E-state index in [2.05, 4.69) is 0 Å². The molecule has 1 aromatic rings. The molecule has 3 rings (SSSR count). The van der Waals surface area contributed by atoms with Crippen molar-refractivity contribution in [2.45, 2.75) is 19.0 Å². The zero-order valence-electron chi connectivity index (χ0n) is 12.5. The molecule has 2 saturated carbocycles. The minimum Gasteiger partial charge on any atom is -0.481 e. The van der Waals surface area contributed by atoms with Crippen LogP contribution in [0.5, 0.6) is 0 Å². The fourth-order valence-corrected chi connectivity index (χ4v) is 6.56. The summed E-state index contributed by atoms with van der Waals surface area (Å²) in [4.78, 5) is 33.4. The molecule has 2 fully saturated rings. The summed E-state index contributed by atoms with van der Waals surface area (Å²) in [5, 5.41) is 18.8. The lowest BCUT2D eigenvalue weighted by Crippen LogP contribution is -2.37. The average Bonchev–Trinajstić information content (AvgIpc) is 3.09. The van der Waals surface area contributed by atoms with Gasteiger partial charge in [0.25, 0.3) is 0 Å². The molecule has 0 aliphatic heterocycles. The third-order valence-electron chi connectivity index (χ3n) is 5.24. The molecule has 0 saturated heterocycles. The van der Waals surface area contributed by atoms with Crippen LogP contribution in [0.1, 0.15) is 18.4 Å². The van der Waals surface area contributed by atoms with Crippen LogP contribution in [0, 0.1) is 23.2 Å². The number of carboxylic acids is 2. The summed E-state index contributed by atoms with van der Waals surface area (Å²) in [6.07, 6.45) is 0.341. The lowest BCUT2D eigenvalue weighted by molar-refractivity contribution is -0.150. The molecule has 0 spiro atoms. The quantitative estimate of drug-likeness (QED) is 0.686. The van der Waals surface area contributed by atoms with Gasteiger partial charge in [-0.25, -0.2) is 0 Å². The molecule has 0 radical (unpaired) electrons. The van der Waals surface area contributed by atoms with Crippen LogP contribution in [0.15, 0.2) is 30.3 Å². The summed E-state index contributed by atoms with van der Waals surface area (Å²) in [6, 6.07) is 8.77. The summed E-state index contributed by atoms with van der Waals surface area (Å²) in [5.74, 6) is -3.51. The van der Waals surface area contributed by atoms with E-state index in [0.717, 1.165) is 0 Å². The third kappa shape index (κ3) is 2.81. The van der Waals surface area contributed by atoms with E-state index >= 15 is 0 Å². The SMILES string of the molecule is O=C(O)C1C2CCC(CP(=O)(O)Cc3ccccc3)(C(=O)O)C21. The predicted molar refractivity (Wildman–Crippen MR) is 82.2 cm³/mol. The number of hydrogen-bond donors (Lipinski definition) is 3. The maximum absolute atomic E-state index is 12.6. The first-order valence-corrected chi connectivity index (χ1v) is 9.61. The van der Waals surface area contributed by atoms with Gasteiger partial charge in [-0.15, -0.1) is 0 Å². The van der Waals surface area contributed by atoms with Crippen molar-refractivity contribution in [1.82, 2.24) is 0 Å². The van der Waals surface area contributed by atoms with E-state index in [4.69, 9.17) is 0 Å². The summed E-state index contributed by atoms with van der Waals surface area (Å²) in [5.41, 5.74) is -0.703. The van der Waals surface area contributed by atoms with Crippen LogP contribution >= 0.6 is 7.37 Å². The van der Waals surface area contributed by atoms with Crippen molar-refractivity contribution in [3.63, 3.8) is 0 Å². The number of rotatable bonds is 6. The molecule has 5 unspecified atom stereocenters. The molecule has 1 aromatic carbocycles. The lowest BCUT2D eigenvalue weighted by atomic mass is 9.82. The standard InChI is InChI=1S/C16H19O6P/c17-14(18)12-11-6-7-16(13(11)12,15(19)20)9-23(21,22)8-10-4-2-1-3-5-10/h1-5,11-13H,6-9H2,(H,17,18)(H,19,20)(H,21,22). The summed E-state index contributed by atoms with van der Waals surface area (Å²) < 4.78 is 12.6. The van der Waals surface area contributed by atoms with Gasteiger partial charge in [-0.05, 0) is 30.2 Å². The largest absolute Gasteiger partial charge is 0.481 e. The van der Waals surface area contributed by atoms with Crippen LogP contribution in [0.3, 0.4) is 0 Å². The average molecular weight is 338 g/mol. The Bertz CT molecular complexity index is 687. The molecule has 3 N–H and O–H groups in total. The van der Waals surface area contributed by atoms with Gasteiger partial charge in [0.2, 0.25) is 7.37 Å². The molecule has 0 amide bonds. The molecule has 7 heteroatoms. The molecule has 23 heavy (non-hydrogen) atoms. The Balaban J connectivity index is 1.82. The van der Waals surface area contributed by atoms with Crippen LogP contribution in [0.25, 0.3) is 0 Å². The van der Waals surface area contributed by atoms with Gasteiger partial charge in [-0.3, -0.25) is 14.2 Å². The second-order valence-electron chi connectivity index (χ2n) is 6.70. The number of carboxylic acid groups (broad SMARTS) is 2. The Labute approximate surface area is 133 Å². The Morgan fingerprint density at radius 3 is 2.39 bits per heavy atom. The molecular formula is C16H19O6P. The molecule has 5 atom stereocenters. The van der Waals surface area contributed by atoms with E-state index < -0.39 is 36.6 Å². The second-order valence-corrected chi connectivity index (χ2v) is 9.03. The molecule has 0 aromatic heterocycles. The summed E-state index contributed by atoms with van der Waals surface area (Å²) in [6.45, 7) is 0. The Kier molecular flexibility index (Phi) is 3.85. The first kappa shape index (κ1) is 16.2. The van der Waals surface area contributed by atoms with Crippen molar-refractivity contribution < 1.29 is 29.3 Å². The van der Waals surface area contributed by atoms with E-state index in [1.54, 1.807) is 30.3 Å². The molecular weight excluding hydrogens is 319 g/mol. The second kappa shape index (κ2) is 5.46. The fourth-order valence-electron chi connectivity index (χ4n) is 4.28. The van der Waals surface area contributed by atoms with Crippen LogP contribution in [-0.4, -0.2) is 33.2 Å². The topological polar surface area (TPSA) is 112 Å².